The summed E-state index contributed by atoms with van der Waals surface area (Å²) in [7, 11) is 0. The monoisotopic (exact) mass is 228 g/mol. The molecule has 0 saturated carbocycles. The Morgan fingerprint density at radius 3 is 2.75 bits per heavy atom. The van der Waals surface area contributed by atoms with E-state index in [-0.39, 0.29) is 6.03 Å². The summed E-state index contributed by atoms with van der Waals surface area (Å²) in [5.74, 6) is -0.940. The highest BCUT2D eigenvalue weighted by molar-refractivity contribution is 5.76. The number of carboxylic acid groups (broad SMARTS) is 1. The van der Waals surface area contributed by atoms with Crippen LogP contribution in [0, 0.1) is 11.8 Å². The van der Waals surface area contributed by atoms with Crippen LogP contribution in [0.25, 0.3) is 0 Å². The number of nitrogens with zero attached hydrogens (tertiary/aromatic N) is 1. The van der Waals surface area contributed by atoms with Gasteiger partial charge in [0.2, 0.25) is 0 Å². The van der Waals surface area contributed by atoms with Crippen molar-refractivity contribution in [2.75, 3.05) is 19.6 Å². The summed E-state index contributed by atoms with van der Waals surface area (Å²) >= 11 is 0. The van der Waals surface area contributed by atoms with Crippen LogP contribution in [0.3, 0.4) is 0 Å². The van der Waals surface area contributed by atoms with Gasteiger partial charge in [-0.15, -0.1) is 0 Å². The molecule has 0 spiro atoms. The molecule has 0 bridgehead atoms. The molecule has 0 radical (unpaired) electrons. The van der Waals surface area contributed by atoms with Crippen molar-refractivity contribution in [3.63, 3.8) is 0 Å². The molecule has 0 aliphatic carbocycles. The van der Waals surface area contributed by atoms with Gasteiger partial charge in [0.15, 0.2) is 0 Å². The van der Waals surface area contributed by atoms with Crippen LogP contribution in [-0.4, -0.2) is 41.6 Å². The van der Waals surface area contributed by atoms with Gasteiger partial charge in [0.1, 0.15) is 0 Å². The highest BCUT2D eigenvalue weighted by atomic mass is 16.4. The maximum absolute atomic E-state index is 11.5. The van der Waals surface area contributed by atoms with Crippen molar-refractivity contribution in [3.8, 4) is 0 Å². The zero-order valence-corrected chi connectivity index (χ0v) is 9.90. The van der Waals surface area contributed by atoms with Gasteiger partial charge in [-0.2, -0.15) is 0 Å². The lowest BCUT2D eigenvalue weighted by Gasteiger charge is -2.30. The molecule has 1 aliphatic heterocycles. The lowest BCUT2D eigenvalue weighted by atomic mass is 9.96. The van der Waals surface area contributed by atoms with Crippen LogP contribution in [0.1, 0.15) is 26.7 Å². The molecule has 0 aromatic heterocycles. The van der Waals surface area contributed by atoms with Crippen molar-refractivity contribution in [3.05, 3.63) is 0 Å². The maximum atomic E-state index is 11.5. The van der Waals surface area contributed by atoms with Crippen LogP contribution in [0.5, 0.6) is 0 Å². The van der Waals surface area contributed by atoms with Crippen LogP contribution in [-0.2, 0) is 4.79 Å². The molecule has 1 atom stereocenters. The number of carboxylic acids is 1. The molecule has 5 nitrogen and oxygen atoms in total. The van der Waals surface area contributed by atoms with Gasteiger partial charge in [0.25, 0.3) is 0 Å². The molecular formula is C11H20N2O3. The number of rotatable bonds is 5. The summed E-state index contributed by atoms with van der Waals surface area (Å²) < 4.78 is 0. The molecule has 1 heterocycles. The number of amides is 2. The maximum Gasteiger partial charge on any atom is 0.317 e. The van der Waals surface area contributed by atoms with Gasteiger partial charge in [-0.3, -0.25) is 4.79 Å². The minimum Gasteiger partial charge on any atom is -0.481 e. The summed E-state index contributed by atoms with van der Waals surface area (Å²) in [4.78, 5) is 24.1. The Labute approximate surface area is 95.8 Å². The minimum absolute atomic E-state index is 0.138. The third-order valence-electron chi connectivity index (χ3n) is 2.71. The highest BCUT2D eigenvalue weighted by Crippen LogP contribution is 2.15. The van der Waals surface area contributed by atoms with Crippen LogP contribution in [0.15, 0.2) is 0 Å². The molecule has 1 aliphatic rings. The zero-order chi connectivity index (χ0) is 12.1. The fourth-order valence-electron chi connectivity index (χ4n) is 1.94. The van der Waals surface area contributed by atoms with Gasteiger partial charge in [-0.05, 0) is 18.8 Å². The Kier molecular flexibility index (Phi) is 4.58. The van der Waals surface area contributed by atoms with Crippen molar-refractivity contribution >= 4 is 12.0 Å². The molecule has 0 aromatic carbocycles. The van der Waals surface area contributed by atoms with E-state index in [1.165, 1.54) is 0 Å². The number of aliphatic carboxylic acids is 1. The van der Waals surface area contributed by atoms with Gasteiger partial charge in [-0.25, -0.2) is 4.79 Å². The van der Waals surface area contributed by atoms with E-state index < -0.39 is 11.9 Å². The lowest BCUT2D eigenvalue weighted by Crippen LogP contribution is -2.49. The van der Waals surface area contributed by atoms with Crippen molar-refractivity contribution in [2.45, 2.75) is 26.7 Å². The molecule has 92 valence electrons. The van der Waals surface area contributed by atoms with Crippen molar-refractivity contribution in [1.29, 1.82) is 0 Å². The van der Waals surface area contributed by atoms with E-state index in [0.717, 1.165) is 6.42 Å². The first-order valence-electron chi connectivity index (χ1n) is 5.76. The van der Waals surface area contributed by atoms with E-state index >= 15 is 0 Å². The average Bonchev–Trinajstić information content (AvgIpc) is 2.19. The zero-order valence-electron chi connectivity index (χ0n) is 9.90. The second kappa shape index (κ2) is 5.72. The number of hydrogen-bond acceptors (Lipinski definition) is 2. The van der Waals surface area contributed by atoms with Crippen LogP contribution in [0.2, 0.25) is 0 Å². The fraction of sp³-hybridized carbons (Fsp3) is 0.818. The Balaban J connectivity index is 2.52. The van der Waals surface area contributed by atoms with Crippen LogP contribution >= 0.6 is 0 Å². The predicted octanol–water partition coefficient (Wildman–Crippen LogP) is 1.15. The Morgan fingerprint density at radius 2 is 2.25 bits per heavy atom. The molecular weight excluding hydrogens is 208 g/mol. The van der Waals surface area contributed by atoms with E-state index in [0.29, 0.717) is 32.0 Å². The highest BCUT2D eigenvalue weighted by Gasteiger charge is 2.26. The SMILES string of the molecule is CC(C)CC(CN1CCCNC1=O)C(=O)O. The number of carbonyl (C=O) groups excluding carboxylic acids is 1. The van der Waals surface area contributed by atoms with Gasteiger partial charge >= 0.3 is 12.0 Å². The van der Waals surface area contributed by atoms with Crippen molar-refractivity contribution < 1.29 is 14.7 Å². The summed E-state index contributed by atoms with van der Waals surface area (Å²) in [5, 5.41) is 11.8. The Morgan fingerprint density at radius 1 is 1.56 bits per heavy atom. The second-order valence-corrected chi connectivity index (χ2v) is 4.70. The van der Waals surface area contributed by atoms with Gasteiger partial charge < -0.3 is 15.3 Å². The van der Waals surface area contributed by atoms with E-state index in [4.69, 9.17) is 5.11 Å². The lowest BCUT2D eigenvalue weighted by molar-refractivity contribution is -0.142. The third-order valence-corrected chi connectivity index (χ3v) is 2.71. The van der Waals surface area contributed by atoms with Gasteiger partial charge in [0.05, 0.1) is 5.92 Å². The van der Waals surface area contributed by atoms with Crippen LogP contribution < -0.4 is 5.32 Å². The summed E-state index contributed by atoms with van der Waals surface area (Å²) in [6.45, 7) is 5.66. The summed E-state index contributed by atoms with van der Waals surface area (Å²) in [6, 6.07) is -0.138. The predicted molar refractivity (Wildman–Crippen MR) is 60.2 cm³/mol. The first kappa shape index (κ1) is 12.8. The number of carbonyl (C=O) groups is 2. The molecule has 1 fully saturated rings. The molecule has 1 saturated heterocycles. The van der Waals surface area contributed by atoms with Gasteiger partial charge in [0, 0.05) is 19.6 Å². The van der Waals surface area contributed by atoms with E-state index in [9.17, 15) is 9.59 Å². The van der Waals surface area contributed by atoms with E-state index in [2.05, 4.69) is 5.32 Å². The second-order valence-electron chi connectivity index (χ2n) is 4.70. The minimum atomic E-state index is -0.813. The fourth-order valence-corrected chi connectivity index (χ4v) is 1.94. The molecule has 2 N–H and O–H groups in total. The third kappa shape index (κ3) is 3.72. The molecule has 5 heteroatoms. The number of nitrogens with one attached hydrogen (secondary N) is 1. The molecule has 2 amide bonds. The summed E-state index contributed by atoms with van der Waals surface area (Å²) in [6.07, 6.45) is 1.50. The average molecular weight is 228 g/mol. The standard InChI is InChI=1S/C11H20N2O3/c1-8(2)6-9(10(14)15)7-13-5-3-4-12-11(13)16/h8-9H,3-7H2,1-2H3,(H,12,16)(H,14,15). The van der Waals surface area contributed by atoms with Crippen molar-refractivity contribution in [2.24, 2.45) is 11.8 Å². The first-order chi connectivity index (χ1) is 7.50. The quantitative estimate of drug-likeness (QED) is 0.741. The van der Waals surface area contributed by atoms with Gasteiger partial charge in [-0.1, -0.05) is 13.8 Å². The Hall–Kier alpha value is -1.26. The normalized spacial score (nSPS) is 18.4. The van der Waals surface area contributed by atoms with E-state index in [1.807, 2.05) is 13.8 Å². The summed E-state index contributed by atoms with van der Waals surface area (Å²) in [5.41, 5.74) is 0. The topological polar surface area (TPSA) is 69.6 Å². The molecule has 1 unspecified atom stereocenters. The van der Waals surface area contributed by atoms with Crippen molar-refractivity contribution in [1.82, 2.24) is 10.2 Å². The number of hydrogen-bond donors (Lipinski definition) is 2. The molecule has 1 rings (SSSR count). The largest absolute Gasteiger partial charge is 0.481 e. The molecule has 16 heavy (non-hydrogen) atoms. The Bertz CT molecular complexity index is 266. The number of urea groups is 1. The van der Waals surface area contributed by atoms with E-state index in [1.54, 1.807) is 4.90 Å². The first-order valence-corrected chi connectivity index (χ1v) is 5.76. The van der Waals surface area contributed by atoms with Crippen LogP contribution in [0.4, 0.5) is 4.79 Å². The smallest absolute Gasteiger partial charge is 0.317 e. The molecule has 0 aromatic rings.